The normalized spacial score (nSPS) is 13.5. The molecule has 1 aromatic heterocycles. The first-order valence-corrected chi connectivity index (χ1v) is 12.2. The van der Waals surface area contributed by atoms with Gasteiger partial charge in [0.1, 0.15) is 0 Å². The van der Waals surface area contributed by atoms with Gasteiger partial charge in [-0.25, -0.2) is 0 Å². The monoisotopic (exact) mass is 433 g/mol. The molecule has 2 aliphatic carbocycles. The molecule has 2 aliphatic rings. The van der Waals surface area contributed by atoms with E-state index < -0.39 is 0 Å². The van der Waals surface area contributed by atoms with Crippen LogP contribution in [0.2, 0.25) is 0 Å². The number of aromatic nitrogens is 1. The highest BCUT2D eigenvalue weighted by Crippen LogP contribution is 2.40. The molecule has 0 saturated carbocycles. The molecule has 0 fully saturated rings. The number of fused-ring (bicyclic) bond motifs is 7. The lowest BCUT2D eigenvalue weighted by atomic mass is 9.88. The average Bonchev–Trinajstić information content (AvgIpc) is 3.40. The summed E-state index contributed by atoms with van der Waals surface area (Å²) >= 11 is 0. The summed E-state index contributed by atoms with van der Waals surface area (Å²) < 4.78 is 2.44. The Hall–Kier alpha value is -4.10. The van der Waals surface area contributed by atoms with Gasteiger partial charge in [0.25, 0.3) is 0 Å². The number of benzene rings is 5. The topological polar surface area (TPSA) is 4.93 Å². The summed E-state index contributed by atoms with van der Waals surface area (Å²) in [4.78, 5) is 0. The molecule has 1 nitrogen and oxygen atoms in total. The molecule has 34 heavy (non-hydrogen) atoms. The standard InChI is InChI=1S/C33H23N/c1-2-6-28-25(5-1)17-26-12-11-23(19-30(26)28)24-14-16-33-31(20-24)29-7-3-4-8-32(29)34(33)27-15-13-21-9-10-22(21)18-27/h1-8,11-16,18-20H,9-10,17H2. The average molecular weight is 434 g/mol. The van der Waals surface area contributed by atoms with Crippen LogP contribution in [-0.4, -0.2) is 4.57 Å². The maximum Gasteiger partial charge on any atom is 0.0541 e. The van der Waals surface area contributed by atoms with Gasteiger partial charge in [0.05, 0.1) is 11.0 Å². The third kappa shape index (κ3) is 2.50. The first-order valence-electron chi connectivity index (χ1n) is 12.2. The number of nitrogens with zero attached hydrogens (tertiary/aromatic N) is 1. The van der Waals surface area contributed by atoms with Crippen LogP contribution in [0, 0.1) is 0 Å². The molecule has 6 aromatic rings. The molecule has 0 spiro atoms. The summed E-state index contributed by atoms with van der Waals surface area (Å²) in [6, 6.07) is 38.6. The number of hydrogen-bond acceptors (Lipinski definition) is 0. The molecule has 0 N–H and O–H groups in total. The third-order valence-electron chi connectivity index (χ3n) is 7.92. The highest BCUT2D eigenvalue weighted by atomic mass is 15.0. The Bertz CT molecular complexity index is 1780. The van der Waals surface area contributed by atoms with Gasteiger partial charge in [-0.05, 0) is 100 Å². The van der Waals surface area contributed by atoms with Crippen molar-refractivity contribution in [3.05, 3.63) is 125 Å². The SMILES string of the molecule is c1ccc2c(c1)Cc1ccc(-c3ccc4c(c3)c3ccccc3n4-c3ccc4c(c3)CC4)cc1-2. The smallest absolute Gasteiger partial charge is 0.0541 e. The van der Waals surface area contributed by atoms with Gasteiger partial charge in [-0.15, -0.1) is 0 Å². The Morgan fingerprint density at radius 2 is 1.21 bits per heavy atom. The summed E-state index contributed by atoms with van der Waals surface area (Å²) in [5, 5.41) is 2.63. The molecule has 1 heterocycles. The quantitative estimate of drug-likeness (QED) is 0.259. The molecule has 5 aromatic carbocycles. The molecule has 0 saturated heterocycles. The van der Waals surface area contributed by atoms with E-state index in [0.29, 0.717) is 0 Å². The fourth-order valence-electron chi connectivity index (χ4n) is 6.05. The fourth-order valence-corrected chi connectivity index (χ4v) is 6.05. The van der Waals surface area contributed by atoms with E-state index >= 15 is 0 Å². The van der Waals surface area contributed by atoms with Crippen LogP contribution in [0.3, 0.4) is 0 Å². The summed E-state index contributed by atoms with van der Waals surface area (Å²) in [6.07, 6.45) is 3.46. The predicted molar refractivity (Wildman–Crippen MR) is 142 cm³/mol. The zero-order valence-corrected chi connectivity index (χ0v) is 18.9. The second-order valence-electron chi connectivity index (χ2n) is 9.74. The van der Waals surface area contributed by atoms with E-state index in [-0.39, 0.29) is 0 Å². The van der Waals surface area contributed by atoms with Crippen LogP contribution in [0.15, 0.2) is 103 Å². The Kier molecular flexibility index (Phi) is 3.62. The van der Waals surface area contributed by atoms with Crippen molar-refractivity contribution < 1.29 is 0 Å². The molecule has 160 valence electrons. The predicted octanol–water partition coefficient (Wildman–Crippen LogP) is 8.12. The van der Waals surface area contributed by atoms with Crippen LogP contribution >= 0.6 is 0 Å². The zero-order chi connectivity index (χ0) is 22.2. The third-order valence-corrected chi connectivity index (χ3v) is 7.92. The molecule has 8 rings (SSSR count). The van der Waals surface area contributed by atoms with Crippen LogP contribution in [0.1, 0.15) is 22.3 Å². The van der Waals surface area contributed by atoms with Gasteiger partial charge < -0.3 is 4.57 Å². The van der Waals surface area contributed by atoms with E-state index in [9.17, 15) is 0 Å². The molecular weight excluding hydrogens is 410 g/mol. The van der Waals surface area contributed by atoms with Crippen molar-refractivity contribution in [1.82, 2.24) is 4.57 Å². The van der Waals surface area contributed by atoms with Crippen molar-refractivity contribution in [1.29, 1.82) is 0 Å². The molecular formula is C33H23N. The second-order valence-corrected chi connectivity index (χ2v) is 9.74. The second kappa shape index (κ2) is 6.71. The van der Waals surface area contributed by atoms with Gasteiger partial charge in [-0.3, -0.25) is 0 Å². The number of hydrogen-bond donors (Lipinski definition) is 0. The van der Waals surface area contributed by atoms with Crippen LogP contribution in [-0.2, 0) is 19.3 Å². The van der Waals surface area contributed by atoms with Crippen LogP contribution in [0.4, 0.5) is 0 Å². The Labute approximate surface area is 198 Å². The van der Waals surface area contributed by atoms with E-state index in [1.54, 1.807) is 0 Å². The maximum absolute atomic E-state index is 2.44. The lowest BCUT2D eigenvalue weighted by molar-refractivity contribution is 0.836. The molecule has 0 aliphatic heterocycles. The number of rotatable bonds is 2. The first-order chi connectivity index (χ1) is 16.8. The number of para-hydroxylation sites is 1. The number of aryl methyl sites for hydroxylation is 2. The van der Waals surface area contributed by atoms with Crippen molar-refractivity contribution in [3.63, 3.8) is 0 Å². The molecule has 0 unspecified atom stereocenters. The van der Waals surface area contributed by atoms with Gasteiger partial charge in [0, 0.05) is 16.5 Å². The van der Waals surface area contributed by atoms with Crippen molar-refractivity contribution in [2.24, 2.45) is 0 Å². The molecule has 0 amide bonds. The maximum atomic E-state index is 2.44. The van der Waals surface area contributed by atoms with Gasteiger partial charge in [-0.1, -0.05) is 66.7 Å². The van der Waals surface area contributed by atoms with Crippen molar-refractivity contribution in [3.8, 4) is 27.9 Å². The molecule has 0 radical (unpaired) electrons. The van der Waals surface area contributed by atoms with Crippen molar-refractivity contribution >= 4 is 21.8 Å². The van der Waals surface area contributed by atoms with Crippen molar-refractivity contribution in [2.75, 3.05) is 0 Å². The minimum atomic E-state index is 1.04. The highest BCUT2D eigenvalue weighted by molar-refractivity contribution is 6.10. The summed E-state index contributed by atoms with van der Waals surface area (Å²) in [7, 11) is 0. The van der Waals surface area contributed by atoms with E-state index in [2.05, 4.69) is 108 Å². The van der Waals surface area contributed by atoms with Crippen molar-refractivity contribution in [2.45, 2.75) is 19.3 Å². The highest BCUT2D eigenvalue weighted by Gasteiger charge is 2.20. The van der Waals surface area contributed by atoms with E-state index in [1.807, 2.05) is 0 Å². The summed E-state index contributed by atoms with van der Waals surface area (Å²) in [5.74, 6) is 0. The lowest BCUT2D eigenvalue weighted by Gasteiger charge is -2.20. The van der Waals surface area contributed by atoms with E-state index in [4.69, 9.17) is 0 Å². The van der Waals surface area contributed by atoms with E-state index in [1.165, 1.54) is 84.8 Å². The summed E-state index contributed by atoms with van der Waals surface area (Å²) in [5.41, 5.74) is 15.0. The van der Waals surface area contributed by atoms with Crippen LogP contribution in [0.5, 0.6) is 0 Å². The van der Waals surface area contributed by atoms with Gasteiger partial charge in [0.15, 0.2) is 0 Å². The lowest BCUT2D eigenvalue weighted by Crippen LogP contribution is -2.09. The van der Waals surface area contributed by atoms with E-state index in [0.717, 1.165) is 6.42 Å². The van der Waals surface area contributed by atoms with Crippen LogP contribution < -0.4 is 0 Å². The molecule has 1 heteroatoms. The minimum absolute atomic E-state index is 1.04. The van der Waals surface area contributed by atoms with Crippen LogP contribution in [0.25, 0.3) is 49.7 Å². The van der Waals surface area contributed by atoms with Gasteiger partial charge in [0.2, 0.25) is 0 Å². The largest absolute Gasteiger partial charge is 0.309 e. The van der Waals surface area contributed by atoms with Gasteiger partial charge >= 0.3 is 0 Å². The molecule has 0 atom stereocenters. The zero-order valence-electron chi connectivity index (χ0n) is 18.9. The minimum Gasteiger partial charge on any atom is -0.309 e. The van der Waals surface area contributed by atoms with Gasteiger partial charge in [-0.2, -0.15) is 0 Å². The Morgan fingerprint density at radius 1 is 0.471 bits per heavy atom. The Morgan fingerprint density at radius 3 is 2.12 bits per heavy atom. The molecule has 0 bridgehead atoms. The summed E-state index contributed by atoms with van der Waals surface area (Å²) in [6.45, 7) is 0. The fraction of sp³-hybridized carbons (Fsp3) is 0.0909. The first kappa shape index (κ1) is 18.3. The Balaban J connectivity index is 1.33.